The average molecular weight is 284 g/mol. The average Bonchev–Trinajstić information content (AvgIpc) is 2.45. The number of guanidine groups is 1. The molecule has 0 spiro atoms. The van der Waals surface area contributed by atoms with Crippen LogP contribution in [-0.2, 0) is 4.74 Å². The molecule has 0 bridgehead atoms. The summed E-state index contributed by atoms with van der Waals surface area (Å²) in [6, 6.07) is 0. The van der Waals surface area contributed by atoms with Gasteiger partial charge in [0.15, 0.2) is 5.96 Å². The first-order valence-corrected chi connectivity index (χ1v) is 7.80. The number of aliphatic imine (C=N–C) groups is 1. The Labute approximate surface area is 124 Å². The van der Waals surface area contributed by atoms with Gasteiger partial charge in [-0.15, -0.1) is 0 Å². The Balaban J connectivity index is 2.18. The smallest absolute Gasteiger partial charge is 0.193 e. The van der Waals surface area contributed by atoms with Crippen LogP contribution >= 0.6 is 0 Å². The zero-order chi connectivity index (χ0) is 14.8. The molecule has 1 unspecified atom stereocenters. The quantitative estimate of drug-likeness (QED) is 0.434. The second kappa shape index (κ2) is 10.00. The van der Waals surface area contributed by atoms with E-state index in [1.165, 1.54) is 12.8 Å². The summed E-state index contributed by atoms with van der Waals surface area (Å²) in [7, 11) is 5.77. The van der Waals surface area contributed by atoms with Crippen molar-refractivity contribution < 1.29 is 4.74 Å². The van der Waals surface area contributed by atoms with Crippen molar-refractivity contribution >= 4 is 5.96 Å². The van der Waals surface area contributed by atoms with Crippen molar-refractivity contribution in [2.24, 2.45) is 10.9 Å². The summed E-state index contributed by atoms with van der Waals surface area (Å²) in [4.78, 5) is 9.10. The molecule has 0 aromatic heterocycles. The highest BCUT2D eigenvalue weighted by molar-refractivity contribution is 5.79. The van der Waals surface area contributed by atoms with Crippen LogP contribution in [-0.4, -0.2) is 76.3 Å². The highest BCUT2D eigenvalue weighted by Crippen LogP contribution is 2.15. The Morgan fingerprint density at radius 2 is 2.25 bits per heavy atom. The second-order valence-electron chi connectivity index (χ2n) is 5.82. The zero-order valence-corrected chi connectivity index (χ0v) is 13.7. The molecule has 0 aromatic rings. The van der Waals surface area contributed by atoms with Crippen molar-refractivity contribution in [1.29, 1.82) is 0 Å². The number of ether oxygens (including phenoxy) is 1. The number of likely N-dealkylation sites (tertiary alicyclic amines) is 1. The largest absolute Gasteiger partial charge is 0.383 e. The molecule has 1 fully saturated rings. The van der Waals surface area contributed by atoms with Crippen LogP contribution in [0, 0.1) is 5.92 Å². The maximum absolute atomic E-state index is 5.08. The fraction of sp³-hybridized carbons (Fsp3) is 0.933. The summed E-state index contributed by atoms with van der Waals surface area (Å²) in [6.45, 7) is 8.46. The SMILES string of the molecule is CN=C(NCCCN(C)CCOC)N1CCCC(C)C1. The maximum Gasteiger partial charge on any atom is 0.193 e. The van der Waals surface area contributed by atoms with Crippen LogP contribution in [0.4, 0.5) is 0 Å². The van der Waals surface area contributed by atoms with Crippen LogP contribution in [0.5, 0.6) is 0 Å². The molecule has 1 saturated heterocycles. The Bertz CT molecular complexity index is 283. The van der Waals surface area contributed by atoms with Gasteiger partial charge in [-0.3, -0.25) is 4.99 Å². The number of hydrogen-bond acceptors (Lipinski definition) is 3. The van der Waals surface area contributed by atoms with Gasteiger partial charge in [0.1, 0.15) is 0 Å². The van der Waals surface area contributed by atoms with Gasteiger partial charge in [0.05, 0.1) is 6.61 Å². The van der Waals surface area contributed by atoms with E-state index in [-0.39, 0.29) is 0 Å². The van der Waals surface area contributed by atoms with E-state index in [0.29, 0.717) is 0 Å². The molecule has 1 aliphatic rings. The Morgan fingerprint density at radius 3 is 2.90 bits per heavy atom. The summed E-state index contributed by atoms with van der Waals surface area (Å²) < 4.78 is 5.08. The molecular weight excluding hydrogens is 252 g/mol. The van der Waals surface area contributed by atoms with Crippen LogP contribution in [0.1, 0.15) is 26.2 Å². The Kier molecular flexibility index (Phi) is 8.62. The van der Waals surface area contributed by atoms with Crippen molar-refractivity contribution in [2.75, 3.05) is 60.5 Å². The van der Waals surface area contributed by atoms with Crippen LogP contribution in [0.3, 0.4) is 0 Å². The van der Waals surface area contributed by atoms with E-state index >= 15 is 0 Å². The van der Waals surface area contributed by atoms with Gasteiger partial charge in [-0.1, -0.05) is 6.92 Å². The zero-order valence-electron chi connectivity index (χ0n) is 13.7. The van der Waals surface area contributed by atoms with Gasteiger partial charge in [0.2, 0.25) is 0 Å². The Hall–Kier alpha value is -0.810. The molecule has 0 saturated carbocycles. The summed E-state index contributed by atoms with van der Waals surface area (Å²) >= 11 is 0. The second-order valence-corrected chi connectivity index (χ2v) is 5.82. The molecule has 118 valence electrons. The van der Waals surface area contributed by atoms with Gasteiger partial charge in [-0.2, -0.15) is 0 Å². The number of nitrogens with one attached hydrogen (secondary N) is 1. The first-order chi connectivity index (χ1) is 9.67. The molecule has 5 nitrogen and oxygen atoms in total. The van der Waals surface area contributed by atoms with Crippen molar-refractivity contribution in [3.8, 4) is 0 Å². The normalized spacial score (nSPS) is 20.6. The molecule has 0 amide bonds. The lowest BCUT2D eigenvalue weighted by Gasteiger charge is -2.33. The van der Waals surface area contributed by atoms with E-state index in [4.69, 9.17) is 4.74 Å². The molecule has 1 N–H and O–H groups in total. The summed E-state index contributed by atoms with van der Waals surface area (Å²) in [6.07, 6.45) is 3.75. The molecule has 1 rings (SSSR count). The molecule has 0 aromatic carbocycles. The molecule has 20 heavy (non-hydrogen) atoms. The number of rotatable bonds is 7. The Morgan fingerprint density at radius 1 is 1.45 bits per heavy atom. The molecule has 5 heteroatoms. The van der Waals surface area contributed by atoms with E-state index in [9.17, 15) is 0 Å². The number of methoxy groups -OCH3 is 1. The van der Waals surface area contributed by atoms with Crippen LogP contribution in [0.2, 0.25) is 0 Å². The van der Waals surface area contributed by atoms with Crippen LogP contribution < -0.4 is 5.32 Å². The fourth-order valence-electron chi connectivity index (χ4n) is 2.62. The maximum atomic E-state index is 5.08. The highest BCUT2D eigenvalue weighted by atomic mass is 16.5. The van der Waals surface area contributed by atoms with Gasteiger partial charge in [-0.05, 0) is 38.8 Å². The minimum Gasteiger partial charge on any atom is -0.383 e. The number of nitrogens with zero attached hydrogens (tertiary/aromatic N) is 3. The fourth-order valence-corrected chi connectivity index (χ4v) is 2.62. The van der Waals surface area contributed by atoms with Gasteiger partial charge in [0, 0.05) is 40.3 Å². The van der Waals surface area contributed by atoms with Gasteiger partial charge in [-0.25, -0.2) is 0 Å². The van der Waals surface area contributed by atoms with Gasteiger partial charge >= 0.3 is 0 Å². The van der Waals surface area contributed by atoms with E-state index in [1.807, 2.05) is 7.05 Å². The van der Waals surface area contributed by atoms with Gasteiger partial charge < -0.3 is 19.9 Å². The lowest BCUT2D eigenvalue weighted by atomic mass is 10.0. The predicted octanol–water partition coefficient (Wildman–Crippen LogP) is 1.26. The standard InChI is InChI=1S/C15H32N4O/c1-14-7-5-10-19(13-14)15(16-2)17-8-6-9-18(3)11-12-20-4/h14H,5-13H2,1-4H3,(H,16,17). The number of likely N-dealkylation sites (N-methyl/N-ethyl adjacent to an activating group) is 1. The van der Waals surface area contributed by atoms with Gasteiger partial charge in [0.25, 0.3) is 0 Å². The summed E-state index contributed by atoms with van der Waals surface area (Å²) in [5.41, 5.74) is 0. The highest BCUT2D eigenvalue weighted by Gasteiger charge is 2.18. The van der Waals surface area contributed by atoms with E-state index in [2.05, 4.69) is 34.1 Å². The molecule has 1 atom stereocenters. The summed E-state index contributed by atoms with van der Waals surface area (Å²) in [5, 5.41) is 3.49. The molecular formula is C15H32N4O. The minimum atomic E-state index is 0.780. The third kappa shape index (κ3) is 6.57. The van der Waals surface area contributed by atoms with Crippen molar-refractivity contribution in [3.63, 3.8) is 0 Å². The first-order valence-electron chi connectivity index (χ1n) is 7.80. The molecule has 0 aliphatic carbocycles. The topological polar surface area (TPSA) is 40.1 Å². The predicted molar refractivity (Wildman–Crippen MR) is 85.3 cm³/mol. The van der Waals surface area contributed by atoms with Crippen LogP contribution in [0.25, 0.3) is 0 Å². The van der Waals surface area contributed by atoms with Crippen molar-refractivity contribution in [1.82, 2.24) is 15.1 Å². The third-order valence-corrected chi connectivity index (χ3v) is 3.85. The lowest BCUT2D eigenvalue weighted by Crippen LogP contribution is -2.46. The van der Waals surface area contributed by atoms with E-state index in [1.54, 1.807) is 7.11 Å². The molecule has 0 radical (unpaired) electrons. The van der Waals surface area contributed by atoms with E-state index in [0.717, 1.165) is 57.6 Å². The minimum absolute atomic E-state index is 0.780. The van der Waals surface area contributed by atoms with Crippen molar-refractivity contribution in [2.45, 2.75) is 26.2 Å². The monoisotopic (exact) mass is 284 g/mol. The summed E-state index contributed by atoms with van der Waals surface area (Å²) in [5.74, 6) is 1.85. The first kappa shape index (κ1) is 17.2. The molecule has 1 heterocycles. The molecule has 1 aliphatic heterocycles. The van der Waals surface area contributed by atoms with Crippen molar-refractivity contribution in [3.05, 3.63) is 0 Å². The number of hydrogen-bond donors (Lipinski definition) is 1. The lowest BCUT2D eigenvalue weighted by molar-refractivity contribution is 0.161. The van der Waals surface area contributed by atoms with Crippen LogP contribution in [0.15, 0.2) is 4.99 Å². The van der Waals surface area contributed by atoms with E-state index < -0.39 is 0 Å². The third-order valence-electron chi connectivity index (χ3n) is 3.85. The number of piperidine rings is 1.